The molecule has 0 aliphatic rings. The Morgan fingerprint density at radius 2 is 2.13 bits per heavy atom. The molecule has 0 atom stereocenters. The lowest BCUT2D eigenvalue weighted by molar-refractivity contribution is -0.136. The highest BCUT2D eigenvalue weighted by molar-refractivity contribution is 7.17. The van der Waals surface area contributed by atoms with E-state index < -0.39 is 5.97 Å². The molecule has 1 aromatic heterocycles. The molecule has 0 aliphatic heterocycles. The number of fused-ring (bicyclic) bond motifs is 1. The van der Waals surface area contributed by atoms with Gasteiger partial charge in [0, 0.05) is 4.70 Å². The summed E-state index contributed by atoms with van der Waals surface area (Å²) in [7, 11) is 0. The molecular formula is C12H12O2S. The summed E-state index contributed by atoms with van der Waals surface area (Å²) in [5.41, 5.74) is 3.34. The molecular weight excluding hydrogens is 208 g/mol. The summed E-state index contributed by atoms with van der Waals surface area (Å²) < 4.78 is 1.21. The van der Waals surface area contributed by atoms with E-state index in [2.05, 4.69) is 19.1 Å². The van der Waals surface area contributed by atoms with Crippen LogP contribution >= 0.6 is 11.3 Å². The highest BCUT2D eigenvalue weighted by Crippen LogP contribution is 2.30. The van der Waals surface area contributed by atoms with Crippen LogP contribution in [0.1, 0.15) is 16.7 Å². The first-order valence-corrected chi connectivity index (χ1v) is 5.65. The molecule has 0 aliphatic carbocycles. The largest absolute Gasteiger partial charge is 0.481 e. The Labute approximate surface area is 92.2 Å². The molecule has 2 aromatic rings. The number of aryl methyl sites for hydroxylation is 2. The Morgan fingerprint density at radius 3 is 2.80 bits per heavy atom. The first-order chi connectivity index (χ1) is 7.08. The Bertz CT molecular complexity index is 526. The van der Waals surface area contributed by atoms with Crippen LogP contribution in [0.25, 0.3) is 10.1 Å². The van der Waals surface area contributed by atoms with Gasteiger partial charge in [-0.05, 0) is 35.7 Å². The smallest absolute Gasteiger partial charge is 0.307 e. The predicted molar refractivity (Wildman–Crippen MR) is 62.6 cm³/mol. The number of benzene rings is 1. The molecule has 0 amide bonds. The normalized spacial score (nSPS) is 10.8. The van der Waals surface area contributed by atoms with Gasteiger partial charge in [0.2, 0.25) is 0 Å². The van der Waals surface area contributed by atoms with E-state index in [0.29, 0.717) is 0 Å². The Hall–Kier alpha value is -1.35. The Balaban J connectivity index is 2.63. The average Bonchev–Trinajstić information content (AvgIpc) is 2.48. The van der Waals surface area contributed by atoms with Gasteiger partial charge in [-0.2, -0.15) is 0 Å². The highest BCUT2D eigenvalue weighted by Gasteiger charge is 2.09. The molecule has 0 saturated heterocycles. The standard InChI is InChI=1S/C12H12O2S/c1-7-3-8(2)12-10(4-7)9(6-15-12)5-11(13)14/h3-4,6H,5H2,1-2H3,(H,13,14). The molecule has 2 rings (SSSR count). The third-order valence-electron chi connectivity index (χ3n) is 2.43. The lowest BCUT2D eigenvalue weighted by Crippen LogP contribution is -1.98. The summed E-state index contributed by atoms with van der Waals surface area (Å²) in [5, 5.41) is 11.8. The molecule has 0 fully saturated rings. The molecule has 1 N–H and O–H groups in total. The summed E-state index contributed by atoms with van der Waals surface area (Å²) in [6.45, 7) is 4.10. The van der Waals surface area contributed by atoms with Crippen LogP contribution in [-0.2, 0) is 11.2 Å². The number of thiophene rings is 1. The number of hydrogen-bond donors (Lipinski definition) is 1. The van der Waals surface area contributed by atoms with Gasteiger partial charge >= 0.3 is 5.97 Å². The molecule has 0 spiro atoms. The summed E-state index contributed by atoms with van der Waals surface area (Å²) >= 11 is 1.63. The van der Waals surface area contributed by atoms with Gasteiger partial charge in [0.1, 0.15) is 0 Å². The molecule has 78 valence electrons. The molecule has 1 heterocycles. The molecule has 0 unspecified atom stereocenters. The van der Waals surface area contributed by atoms with Crippen molar-refractivity contribution in [1.82, 2.24) is 0 Å². The molecule has 15 heavy (non-hydrogen) atoms. The quantitative estimate of drug-likeness (QED) is 0.844. The van der Waals surface area contributed by atoms with E-state index in [-0.39, 0.29) is 6.42 Å². The number of carboxylic acid groups (broad SMARTS) is 1. The fraction of sp³-hybridized carbons (Fsp3) is 0.250. The predicted octanol–water partition coefficient (Wildman–Crippen LogP) is 3.15. The second-order valence-electron chi connectivity index (χ2n) is 3.79. The van der Waals surface area contributed by atoms with Crippen LogP contribution < -0.4 is 0 Å². The van der Waals surface area contributed by atoms with Crippen molar-refractivity contribution >= 4 is 27.4 Å². The molecule has 0 radical (unpaired) electrons. The Kier molecular flexibility index (Phi) is 2.49. The van der Waals surface area contributed by atoms with Gasteiger partial charge in [-0.1, -0.05) is 17.7 Å². The maximum atomic E-state index is 10.7. The maximum absolute atomic E-state index is 10.7. The molecule has 3 heteroatoms. The van der Waals surface area contributed by atoms with E-state index in [9.17, 15) is 4.79 Å². The minimum absolute atomic E-state index is 0.114. The summed E-state index contributed by atoms with van der Waals surface area (Å²) in [6, 6.07) is 4.19. The second kappa shape index (κ2) is 3.66. The van der Waals surface area contributed by atoms with E-state index >= 15 is 0 Å². The van der Waals surface area contributed by atoms with Crippen molar-refractivity contribution < 1.29 is 9.90 Å². The van der Waals surface area contributed by atoms with Gasteiger partial charge in [-0.25, -0.2) is 0 Å². The number of carbonyl (C=O) groups is 1. The minimum atomic E-state index is -0.770. The van der Waals surface area contributed by atoms with Gasteiger partial charge in [0.15, 0.2) is 0 Å². The minimum Gasteiger partial charge on any atom is -0.481 e. The fourth-order valence-electron chi connectivity index (χ4n) is 1.84. The first-order valence-electron chi connectivity index (χ1n) is 4.77. The zero-order chi connectivity index (χ0) is 11.0. The van der Waals surface area contributed by atoms with Crippen LogP contribution in [0.3, 0.4) is 0 Å². The number of aliphatic carboxylic acids is 1. The zero-order valence-corrected chi connectivity index (χ0v) is 9.52. The van der Waals surface area contributed by atoms with Crippen molar-refractivity contribution in [3.05, 3.63) is 34.2 Å². The van der Waals surface area contributed by atoms with Gasteiger partial charge in [0.05, 0.1) is 6.42 Å². The van der Waals surface area contributed by atoms with Crippen molar-refractivity contribution in [2.24, 2.45) is 0 Å². The van der Waals surface area contributed by atoms with Gasteiger partial charge in [-0.3, -0.25) is 4.79 Å². The maximum Gasteiger partial charge on any atom is 0.307 e. The highest BCUT2D eigenvalue weighted by atomic mass is 32.1. The van der Waals surface area contributed by atoms with Crippen LogP contribution in [0.4, 0.5) is 0 Å². The van der Waals surface area contributed by atoms with E-state index in [0.717, 1.165) is 10.9 Å². The van der Waals surface area contributed by atoms with Crippen molar-refractivity contribution in [3.63, 3.8) is 0 Å². The van der Waals surface area contributed by atoms with E-state index in [1.54, 1.807) is 11.3 Å². The van der Waals surface area contributed by atoms with Gasteiger partial charge < -0.3 is 5.11 Å². The van der Waals surface area contributed by atoms with Crippen LogP contribution in [-0.4, -0.2) is 11.1 Å². The van der Waals surface area contributed by atoms with Crippen LogP contribution in [0.5, 0.6) is 0 Å². The molecule has 0 bridgehead atoms. The van der Waals surface area contributed by atoms with Crippen molar-refractivity contribution in [1.29, 1.82) is 0 Å². The zero-order valence-electron chi connectivity index (χ0n) is 8.70. The van der Waals surface area contributed by atoms with Crippen LogP contribution in [0.2, 0.25) is 0 Å². The number of rotatable bonds is 2. The van der Waals surface area contributed by atoms with Crippen molar-refractivity contribution in [2.45, 2.75) is 20.3 Å². The third kappa shape index (κ3) is 1.88. The third-order valence-corrected chi connectivity index (χ3v) is 3.61. The average molecular weight is 220 g/mol. The monoisotopic (exact) mass is 220 g/mol. The second-order valence-corrected chi connectivity index (χ2v) is 4.67. The van der Waals surface area contributed by atoms with E-state index in [1.807, 2.05) is 12.3 Å². The lowest BCUT2D eigenvalue weighted by Gasteiger charge is -2.00. The van der Waals surface area contributed by atoms with E-state index in [4.69, 9.17) is 5.11 Å². The first kappa shape index (κ1) is 10.2. The SMILES string of the molecule is Cc1cc(C)c2scc(CC(=O)O)c2c1. The van der Waals surface area contributed by atoms with Gasteiger partial charge in [-0.15, -0.1) is 11.3 Å². The summed E-state index contributed by atoms with van der Waals surface area (Å²) in [5.74, 6) is -0.770. The topological polar surface area (TPSA) is 37.3 Å². The van der Waals surface area contributed by atoms with Crippen molar-refractivity contribution in [2.75, 3.05) is 0 Å². The molecule has 2 nitrogen and oxygen atoms in total. The summed E-state index contributed by atoms with van der Waals surface area (Å²) in [4.78, 5) is 10.7. The van der Waals surface area contributed by atoms with Crippen LogP contribution in [0.15, 0.2) is 17.5 Å². The number of hydrogen-bond acceptors (Lipinski definition) is 2. The van der Waals surface area contributed by atoms with Gasteiger partial charge in [0.25, 0.3) is 0 Å². The molecule has 1 aromatic carbocycles. The molecule has 0 saturated carbocycles. The van der Waals surface area contributed by atoms with Crippen molar-refractivity contribution in [3.8, 4) is 0 Å². The Morgan fingerprint density at radius 1 is 1.40 bits per heavy atom. The number of carboxylic acids is 1. The van der Waals surface area contributed by atoms with Crippen LogP contribution in [0, 0.1) is 13.8 Å². The van der Waals surface area contributed by atoms with E-state index in [1.165, 1.54) is 15.8 Å². The summed E-state index contributed by atoms with van der Waals surface area (Å²) in [6.07, 6.45) is 0.114. The fourth-order valence-corrected chi connectivity index (χ4v) is 2.87. The lowest BCUT2D eigenvalue weighted by atomic mass is 10.1.